The third-order valence-electron chi connectivity index (χ3n) is 3.50. The Morgan fingerprint density at radius 2 is 1.81 bits per heavy atom. The fourth-order valence-corrected chi connectivity index (χ4v) is 2.81. The molecule has 0 amide bonds. The largest absolute Gasteiger partial charge is 0.490 e. The molecular weight excluding hydrogens is 398 g/mol. The topological polar surface area (TPSA) is 68.5 Å². The molecule has 0 bridgehead atoms. The Kier molecular flexibility index (Phi) is 7.49. The van der Waals surface area contributed by atoms with E-state index in [1.54, 1.807) is 30.3 Å². The molecule has 0 aromatic heterocycles. The molecule has 0 unspecified atom stereocenters. The van der Waals surface area contributed by atoms with Gasteiger partial charge in [-0.05, 0) is 49.2 Å². The predicted octanol–water partition coefficient (Wildman–Crippen LogP) is 4.40. The van der Waals surface area contributed by atoms with Crippen molar-refractivity contribution in [1.82, 2.24) is 0 Å². The summed E-state index contributed by atoms with van der Waals surface area (Å²) in [7, 11) is 0. The molecule has 0 spiro atoms. The molecule has 0 radical (unpaired) electrons. The standard InChI is InChI=1S/C20H20BrNO4/c1-3-24-18-9-16(17(21)11-19(18)25-4-2)10-20(23)26-13-15-7-5-6-14(8-15)12-22/h5-9,11H,3-4,10,13H2,1-2H3. The Hall–Kier alpha value is -2.52. The molecule has 2 aromatic carbocycles. The molecule has 2 rings (SSSR count). The summed E-state index contributed by atoms with van der Waals surface area (Å²) in [5, 5.41) is 8.91. The van der Waals surface area contributed by atoms with E-state index in [1.165, 1.54) is 0 Å². The highest BCUT2D eigenvalue weighted by atomic mass is 79.9. The zero-order chi connectivity index (χ0) is 18.9. The Morgan fingerprint density at radius 1 is 1.12 bits per heavy atom. The van der Waals surface area contributed by atoms with Crippen LogP contribution in [0.15, 0.2) is 40.9 Å². The quantitative estimate of drug-likeness (QED) is 0.595. The molecule has 0 heterocycles. The second-order valence-corrected chi connectivity index (χ2v) is 6.26. The number of esters is 1. The first-order valence-corrected chi connectivity index (χ1v) is 9.09. The van der Waals surface area contributed by atoms with E-state index in [-0.39, 0.29) is 19.0 Å². The SMILES string of the molecule is CCOc1cc(Br)c(CC(=O)OCc2cccc(C#N)c2)cc1OCC. The average molecular weight is 418 g/mol. The molecule has 6 heteroatoms. The fraction of sp³-hybridized carbons (Fsp3) is 0.300. The first kappa shape index (κ1) is 19.8. The molecule has 0 atom stereocenters. The second kappa shape index (κ2) is 9.83. The highest BCUT2D eigenvalue weighted by Crippen LogP contribution is 2.34. The summed E-state index contributed by atoms with van der Waals surface area (Å²) >= 11 is 3.47. The van der Waals surface area contributed by atoms with Crippen LogP contribution >= 0.6 is 15.9 Å². The van der Waals surface area contributed by atoms with Gasteiger partial charge in [-0.3, -0.25) is 4.79 Å². The molecule has 0 saturated heterocycles. The van der Waals surface area contributed by atoms with Crippen molar-refractivity contribution in [2.24, 2.45) is 0 Å². The monoisotopic (exact) mass is 417 g/mol. The maximum atomic E-state index is 12.2. The zero-order valence-corrected chi connectivity index (χ0v) is 16.3. The van der Waals surface area contributed by atoms with Crippen LogP contribution in [0, 0.1) is 11.3 Å². The van der Waals surface area contributed by atoms with E-state index in [0.717, 1.165) is 15.6 Å². The average Bonchev–Trinajstić information content (AvgIpc) is 2.64. The molecule has 0 N–H and O–H groups in total. The van der Waals surface area contributed by atoms with Crippen molar-refractivity contribution in [3.63, 3.8) is 0 Å². The van der Waals surface area contributed by atoms with Gasteiger partial charge in [-0.2, -0.15) is 5.26 Å². The highest BCUT2D eigenvalue weighted by Gasteiger charge is 2.14. The molecule has 5 nitrogen and oxygen atoms in total. The summed E-state index contributed by atoms with van der Waals surface area (Å²) in [5.74, 6) is 0.869. The lowest BCUT2D eigenvalue weighted by atomic mass is 10.1. The Morgan fingerprint density at radius 3 is 2.46 bits per heavy atom. The number of halogens is 1. The molecule has 0 aliphatic rings. The van der Waals surface area contributed by atoms with Gasteiger partial charge in [-0.25, -0.2) is 0 Å². The lowest BCUT2D eigenvalue weighted by Gasteiger charge is -2.14. The number of hydrogen-bond acceptors (Lipinski definition) is 5. The zero-order valence-electron chi connectivity index (χ0n) is 14.8. The van der Waals surface area contributed by atoms with Crippen LogP contribution in [-0.2, 0) is 22.6 Å². The van der Waals surface area contributed by atoms with E-state index in [4.69, 9.17) is 19.5 Å². The van der Waals surface area contributed by atoms with Crippen molar-refractivity contribution >= 4 is 21.9 Å². The van der Waals surface area contributed by atoms with E-state index < -0.39 is 0 Å². The van der Waals surface area contributed by atoms with Crippen LogP contribution in [0.2, 0.25) is 0 Å². The summed E-state index contributed by atoms with van der Waals surface area (Å²) in [5.41, 5.74) is 2.07. The molecule has 2 aromatic rings. The van der Waals surface area contributed by atoms with Crippen molar-refractivity contribution in [2.45, 2.75) is 26.9 Å². The number of nitriles is 1. The van der Waals surface area contributed by atoms with Crippen molar-refractivity contribution in [3.05, 3.63) is 57.6 Å². The van der Waals surface area contributed by atoms with Gasteiger partial charge in [0.2, 0.25) is 0 Å². The minimum absolute atomic E-state index is 0.102. The molecule has 26 heavy (non-hydrogen) atoms. The molecular formula is C20H20BrNO4. The molecule has 0 aliphatic carbocycles. The first-order chi connectivity index (χ1) is 12.6. The minimum atomic E-state index is -0.361. The molecule has 0 saturated carbocycles. The number of carbonyl (C=O) groups is 1. The van der Waals surface area contributed by atoms with Crippen LogP contribution in [0.25, 0.3) is 0 Å². The van der Waals surface area contributed by atoms with Crippen molar-refractivity contribution < 1.29 is 19.0 Å². The van der Waals surface area contributed by atoms with Gasteiger partial charge < -0.3 is 14.2 Å². The van der Waals surface area contributed by atoms with Gasteiger partial charge in [0.25, 0.3) is 0 Å². The van der Waals surface area contributed by atoms with Crippen LogP contribution in [0.5, 0.6) is 11.5 Å². The number of nitrogens with zero attached hydrogens (tertiary/aromatic N) is 1. The number of rotatable bonds is 8. The van der Waals surface area contributed by atoms with Crippen LogP contribution in [0.1, 0.15) is 30.5 Å². The summed E-state index contributed by atoms with van der Waals surface area (Å²) < 4.78 is 17.2. The maximum Gasteiger partial charge on any atom is 0.310 e. The lowest BCUT2D eigenvalue weighted by Crippen LogP contribution is -2.09. The third kappa shape index (κ3) is 5.50. The van der Waals surface area contributed by atoms with Crippen molar-refractivity contribution in [1.29, 1.82) is 5.26 Å². The number of hydrogen-bond donors (Lipinski definition) is 0. The van der Waals surface area contributed by atoms with E-state index in [9.17, 15) is 4.79 Å². The Labute approximate surface area is 161 Å². The number of benzene rings is 2. The van der Waals surface area contributed by atoms with Crippen LogP contribution in [0.4, 0.5) is 0 Å². The predicted molar refractivity (Wildman–Crippen MR) is 101 cm³/mol. The van der Waals surface area contributed by atoms with E-state index >= 15 is 0 Å². The van der Waals surface area contributed by atoms with Gasteiger partial charge in [-0.1, -0.05) is 28.1 Å². The molecule has 0 aliphatic heterocycles. The highest BCUT2D eigenvalue weighted by molar-refractivity contribution is 9.10. The summed E-state index contributed by atoms with van der Waals surface area (Å²) in [4.78, 5) is 12.2. The van der Waals surface area contributed by atoms with E-state index in [0.29, 0.717) is 30.3 Å². The normalized spacial score (nSPS) is 10.1. The van der Waals surface area contributed by atoms with Gasteiger partial charge in [0.1, 0.15) is 6.61 Å². The lowest BCUT2D eigenvalue weighted by molar-refractivity contribution is -0.144. The molecule has 0 fully saturated rings. The summed E-state index contributed by atoms with van der Waals surface area (Å²) in [6, 6.07) is 12.6. The summed E-state index contributed by atoms with van der Waals surface area (Å²) in [6.07, 6.45) is 0.102. The van der Waals surface area contributed by atoms with Gasteiger partial charge in [-0.15, -0.1) is 0 Å². The maximum absolute atomic E-state index is 12.2. The van der Waals surface area contributed by atoms with Crippen molar-refractivity contribution in [2.75, 3.05) is 13.2 Å². The van der Waals surface area contributed by atoms with E-state index in [2.05, 4.69) is 22.0 Å². The number of carbonyl (C=O) groups excluding carboxylic acids is 1. The van der Waals surface area contributed by atoms with E-state index in [1.807, 2.05) is 19.9 Å². The number of ether oxygens (including phenoxy) is 3. The summed E-state index contributed by atoms with van der Waals surface area (Å²) in [6.45, 7) is 4.94. The fourth-order valence-electron chi connectivity index (χ4n) is 2.35. The van der Waals surface area contributed by atoms with Crippen LogP contribution < -0.4 is 9.47 Å². The Balaban J connectivity index is 2.05. The smallest absolute Gasteiger partial charge is 0.310 e. The van der Waals surface area contributed by atoms with Crippen molar-refractivity contribution in [3.8, 4) is 17.6 Å². The van der Waals surface area contributed by atoms with Crippen LogP contribution in [-0.4, -0.2) is 19.2 Å². The minimum Gasteiger partial charge on any atom is -0.490 e. The van der Waals surface area contributed by atoms with Gasteiger partial charge in [0.15, 0.2) is 11.5 Å². The van der Waals surface area contributed by atoms with Gasteiger partial charge in [0, 0.05) is 4.47 Å². The third-order valence-corrected chi connectivity index (χ3v) is 4.24. The molecule has 136 valence electrons. The second-order valence-electron chi connectivity index (χ2n) is 5.41. The Bertz CT molecular complexity index is 814. The van der Waals surface area contributed by atoms with Gasteiger partial charge >= 0.3 is 5.97 Å². The van der Waals surface area contributed by atoms with Gasteiger partial charge in [0.05, 0.1) is 31.3 Å². The first-order valence-electron chi connectivity index (χ1n) is 8.30. The van der Waals surface area contributed by atoms with Crippen LogP contribution in [0.3, 0.4) is 0 Å².